The molecule has 290 valence electrons. The number of aliphatic hydroxyl groups is 1. The Morgan fingerprint density at radius 1 is 0.788 bits per heavy atom. The van der Waals surface area contributed by atoms with Crippen molar-refractivity contribution in [2.24, 2.45) is 28.1 Å². The zero-order valence-corrected chi connectivity index (χ0v) is 30.4. The second-order valence-electron chi connectivity index (χ2n) is 12.4. The summed E-state index contributed by atoms with van der Waals surface area (Å²) in [5, 5.41) is 34.2. The highest BCUT2D eigenvalue weighted by molar-refractivity contribution is 7.80. The molecular formula is C32H52N10O9S. The highest BCUT2D eigenvalue weighted by Crippen LogP contribution is 2.09. The Balaban J connectivity index is 2.76. The molecule has 20 heteroatoms. The summed E-state index contributed by atoms with van der Waals surface area (Å²) in [6.07, 6.45) is -0.631. The second kappa shape index (κ2) is 23.5. The van der Waals surface area contributed by atoms with Crippen molar-refractivity contribution in [1.82, 2.24) is 31.9 Å². The van der Waals surface area contributed by atoms with Crippen molar-refractivity contribution in [1.29, 1.82) is 0 Å². The Hall–Kier alpha value is -4.95. The van der Waals surface area contributed by atoms with Gasteiger partial charge in [-0.3, -0.25) is 33.8 Å². The van der Waals surface area contributed by atoms with E-state index in [9.17, 15) is 43.8 Å². The Morgan fingerprint density at radius 2 is 1.37 bits per heavy atom. The molecule has 14 N–H and O–H groups in total. The Labute approximate surface area is 307 Å². The van der Waals surface area contributed by atoms with Gasteiger partial charge >= 0.3 is 5.97 Å². The zero-order chi connectivity index (χ0) is 39.4. The summed E-state index contributed by atoms with van der Waals surface area (Å²) in [5.41, 5.74) is 16.9. The van der Waals surface area contributed by atoms with Gasteiger partial charge in [0.2, 0.25) is 35.4 Å². The molecule has 0 saturated carbocycles. The molecule has 0 aromatic heterocycles. The van der Waals surface area contributed by atoms with Gasteiger partial charge in [0, 0.05) is 18.7 Å². The normalized spacial score (nSPS) is 14.3. The van der Waals surface area contributed by atoms with Crippen molar-refractivity contribution in [3.05, 3.63) is 35.9 Å². The predicted molar refractivity (Wildman–Crippen MR) is 194 cm³/mol. The number of amides is 6. The van der Waals surface area contributed by atoms with Gasteiger partial charge in [0.1, 0.15) is 24.2 Å². The molecule has 0 fully saturated rings. The standard InChI is InChI=1S/C32H52N10O9S/c1-17(2)12-21(28(47)40-22(31(50)51)13-19-8-5-4-6-9-19)39-29(48)23(16-52)41-30(49)26(18(3)43)42-25(45)15-37-24(44)14-38-27(46)20(33)10-7-11-36-32(34)35/h4-6,8-9,17-18,20-23,26,43,52H,7,10-16,33H2,1-3H3,(H,37,44)(H,38,46)(H,39,48)(H,40,47)(H,41,49)(H,42,45)(H,50,51)(H4,34,35,36)/t18-,20+,21+,22+,23+,26+/m1/s1. The molecule has 6 atom stereocenters. The average Bonchev–Trinajstić information content (AvgIpc) is 3.08. The molecule has 0 heterocycles. The van der Waals surface area contributed by atoms with Gasteiger partial charge in [-0.05, 0) is 37.7 Å². The number of carbonyl (C=O) groups excluding carboxylic acids is 6. The maximum absolute atomic E-state index is 13.2. The zero-order valence-electron chi connectivity index (χ0n) is 29.5. The molecule has 1 aromatic rings. The van der Waals surface area contributed by atoms with E-state index in [4.69, 9.17) is 17.2 Å². The molecule has 0 aliphatic carbocycles. The summed E-state index contributed by atoms with van der Waals surface area (Å²) in [4.78, 5) is 92.0. The van der Waals surface area contributed by atoms with Crippen LogP contribution in [0.25, 0.3) is 0 Å². The Bertz CT molecular complexity index is 1390. The number of carbonyl (C=O) groups is 7. The third-order valence-electron chi connectivity index (χ3n) is 7.31. The number of nitrogens with one attached hydrogen (secondary N) is 6. The third kappa shape index (κ3) is 17.8. The number of guanidine groups is 1. The molecular weight excluding hydrogens is 700 g/mol. The molecule has 0 bridgehead atoms. The summed E-state index contributed by atoms with van der Waals surface area (Å²) < 4.78 is 0. The van der Waals surface area contributed by atoms with Crippen LogP contribution in [-0.4, -0.2) is 119 Å². The molecule has 0 aliphatic rings. The highest BCUT2D eigenvalue weighted by Gasteiger charge is 2.32. The molecule has 0 radical (unpaired) electrons. The number of hydrogen-bond donors (Lipinski definition) is 12. The van der Waals surface area contributed by atoms with Crippen LogP contribution in [0.2, 0.25) is 0 Å². The van der Waals surface area contributed by atoms with Crippen molar-refractivity contribution in [2.75, 3.05) is 25.4 Å². The number of aliphatic imine (C=N–C) groups is 1. The van der Waals surface area contributed by atoms with Crippen LogP contribution < -0.4 is 49.1 Å². The van der Waals surface area contributed by atoms with Gasteiger partial charge in [0.25, 0.3) is 0 Å². The van der Waals surface area contributed by atoms with Crippen LogP contribution in [0.5, 0.6) is 0 Å². The number of carboxylic acid groups (broad SMARTS) is 1. The van der Waals surface area contributed by atoms with E-state index in [2.05, 4.69) is 49.5 Å². The smallest absolute Gasteiger partial charge is 0.326 e. The maximum Gasteiger partial charge on any atom is 0.326 e. The Kier molecular flexibility index (Phi) is 20.4. The minimum atomic E-state index is -1.57. The summed E-state index contributed by atoms with van der Waals surface area (Å²) in [7, 11) is 0. The second-order valence-corrected chi connectivity index (χ2v) is 12.7. The van der Waals surface area contributed by atoms with Crippen LogP contribution in [0.1, 0.15) is 45.6 Å². The number of thiol groups is 1. The van der Waals surface area contributed by atoms with Gasteiger partial charge in [-0.1, -0.05) is 44.2 Å². The van der Waals surface area contributed by atoms with Crippen molar-refractivity contribution < 1.29 is 43.8 Å². The maximum atomic E-state index is 13.2. The number of carboxylic acids is 1. The number of nitrogens with two attached hydrogens (primary N) is 3. The number of hydrogen-bond acceptors (Lipinski definition) is 11. The fraction of sp³-hybridized carbons (Fsp3) is 0.562. The van der Waals surface area contributed by atoms with Gasteiger partial charge in [-0.2, -0.15) is 12.6 Å². The summed E-state index contributed by atoms with van der Waals surface area (Å²) in [6, 6.07) is 2.40. The van der Waals surface area contributed by atoms with Gasteiger partial charge in [0.15, 0.2) is 5.96 Å². The monoisotopic (exact) mass is 752 g/mol. The third-order valence-corrected chi connectivity index (χ3v) is 7.67. The number of rotatable bonds is 23. The molecule has 6 amide bonds. The molecule has 0 saturated heterocycles. The number of benzene rings is 1. The lowest BCUT2D eigenvalue weighted by molar-refractivity contribution is -0.142. The Morgan fingerprint density at radius 3 is 1.92 bits per heavy atom. The van der Waals surface area contributed by atoms with Crippen LogP contribution in [0.3, 0.4) is 0 Å². The molecule has 19 nitrogen and oxygen atoms in total. The van der Waals surface area contributed by atoms with Crippen LogP contribution in [-0.2, 0) is 40.0 Å². The lowest BCUT2D eigenvalue weighted by Gasteiger charge is -2.27. The van der Waals surface area contributed by atoms with Crippen molar-refractivity contribution in [3.8, 4) is 0 Å². The van der Waals surface area contributed by atoms with E-state index in [1.54, 1.807) is 44.2 Å². The summed E-state index contributed by atoms with van der Waals surface area (Å²) in [6.45, 7) is 3.97. The number of aliphatic hydroxyl groups excluding tert-OH is 1. The van der Waals surface area contributed by atoms with Crippen LogP contribution in [0, 0.1) is 5.92 Å². The number of nitrogens with zero attached hydrogens (tertiary/aromatic N) is 1. The average molecular weight is 753 g/mol. The summed E-state index contributed by atoms with van der Waals surface area (Å²) >= 11 is 4.13. The molecule has 0 spiro atoms. The first-order chi connectivity index (χ1) is 24.4. The van der Waals surface area contributed by atoms with Crippen molar-refractivity contribution in [2.45, 2.75) is 82.8 Å². The largest absolute Gasteiger partial charge is 0.480 e. The van der Waals surface area contributed by atoms with Gasteiger partial charge < -0.3 is 59.3 Å². The first-order valence-electron chi connectivity index (χ1n) is 16.6. The molecule has 1 rings (SSSR count). The fourth-order valence-electron chi connectivity index (χ4n) is 4.57. The number of aliphatic carboxylic acids is 1. The van der Waals surface area contributed by atoms with E-state index in [0.29, 0.717) is 12.0 Å². The van der Waals surface area contributed by atoms with E-state index in [1.807, 2.05) is 0 Å². The first kappa shape index (κ1) is 45.1. The molecule has 1 aromatic carbocycles. The minimum Gasteiger partial charge on any atom is -0.480 e. The van der Waals surface area contributed by atoms with Gasteiger partial charge in [-0.25, -0.2) is 4.79 Å². The van der Waals surface area contributed by atoms with E-state index >= 15 is 0 Å². The van der Waals surface area contributed by atoms with Crippen molar-refractivity contribution >= 4 is 60.0 Å². The fourth-order valence-corrected chi connectivity index (χ4v) is 4.83. The van der Waals surface area contributed by atoms with E-state index < -0.39 is 90.8 Å². The van der Waals surface area contributed by atoms with Gasteiger partial charge in [0.05, 0.1) is 25.2 Å². The highest BCUT2D eigenvalue weighted by atomic mass is 32.1. The minimum absolute atomic E-state index is 0.00460. The summed E-state index contributed by atoms with van der Waals surface area (Å²) in [5.74, 6) is -6.46. The van der Waals surface area contributed by atoms with Crippen LogP contribution in [0.15, 0.2) is 35.3 Å². The van der Waals surface area contributed by atoms with E-state index in [1.165, 1.54) is 6.92 Å². The van der Waals surface area contributed by atoms with E-state index in [-0.39, 0.29) is 43.4 Å². The molecule has 0 aliphatic heterocycles. The van der Waals surface area contributed by atoms with Gasteiger partial charge in [-0.15, -0.1) is 0 Å². The quantitative estimate of drug-likeness (QED) is 0.0222. The predicted octanol–water partition coefficient (Wildman–Crippen LogP) is -3.78. The van der Waals surface area contributed by atoms with Crippen molar-refractivity contribution in [3.63, 3.8) is 0 Å². The van der Waals surface area contributed by atoms with Crippen LogP contribution >= 0.6 is 12.6 Å². The topological polar surface area (TPSA) is 323 Å². The van der Waals surface area contributed by atoms with E-state index in [0.717, 1.165) is 0 Å². The first-order valence-corrected chi connectivity index (χ1v) is 17.2. The SMILES string of the molecule is CC(C)C[C@H](NC(=O)[C@H](CS)NC(=O)[C@@H](NC(=O)CNC(=O)CNC(=O)[C@@H](N)CCCN=C(N)N)[C@@H](C)O)C(=O)N[C@@H](Cc1ccccc1)C(=O)O. The molecule has 0 unspecified atom stereocenters. The lowest BCUT2D eigenvalue weighted by Crippen LogP contribution is -2.60. The van der Waals surface area contributed by atoms with Crippen LogP contribution in [0.4, 0.5) is 0 Å². The lowest BCUT2D eigenvalue weighted by atomic mass is 10.0. The molecule has 52 heavy (non-hydrogen) atoms.